The predicted molar refractivity (Wildman–Crippen MR) is 227 cm³/mol. The molecule has 8 rings (SSSR count). The summed E-state index contributed by atoms with van der Waals surface area (Å²) in [6.45, 7) is 2.14. The molecule has 0 fully saturated rings. The molecule has 0 saturated heterocycles. The van der Waals surface area contributed by atoms with Crippen molar-refractivity contribution in [2.45, 2.75) is 33.4 Å². The number of nitrogens with one attached hydrogen (secondary N) is 2. The first kappa shape index (κ1) is 42.0. The quantitative estimate of drug-likeness (QED) is 0.0834. The van der Waals surface area contributed by atoms with Crippen molar-refractivity contribution in [1.29, 1.82) is 0 Å². The highest BCUT2D eigenvalue weighted by Crippen LogP contribution is 2.32. The van der Waals surface area contributed by atoms with Crippen molar-refractivity contribution >= 4 is 57.1 Å². The van der Waals surface area contributed by atoms with Crippen molar-refractivity contribution in [3.63, 3.8) is 0 Å². The maximum atomic E-state index is 14.1. The minimum atomic E-state index is -0.628. The number of fused-ring (bicyclic) bond motifs is 2. The van der Waals surface area contributed by atoms with Crippen molar-refractivity contribution in [3.05, 3.63) is 176 Å². The molecule has 12 nitrogen and oxygen atoms in total. The molecule has 0 aliphatic rings. The van der Waals surface area contributed by atoms with E-state index in [-0.39, 0.29) is 49.4 Å². The van der Waals surface area contributed by atoms with E-state index in [0.717, 1.165) is 22.2 Å². The number of ether oxygens (including phenoxy) is 4. The Hall–Kier alpha value is -7.16. The van der Waals surface area contributed by atoms with Gasteiger partial charge in [-0.3, -0.25) is 9.59 Å². The van der Waals surface area contributed by atoms with Crippen molar-refractivity contribution < 1.29 is 37.3 Å². The molecule has 310 valence electrons. The Kier molecular flexibility index (Phi) is 13.0. The summed E-state index contributed by atoms with van der Waals surface area (Å²) in [4.78, 5) is 38.2. The Balaban J connectivity index is 0.000000184. The van der Waals surface area contributed by atoms with Crippen LogP contribution in [0.4, 0.5) is 8.78 Å². The number of benzene rings is 6. The summed E-state index contributed by atoms with van der Waals surface area (Å²) in [5.41, 5.74) is 16.1. The Morgan fingerprint density at radius 1 is 0.590 bits per heavy atom. The summed E-state index contributed by atoms with van der Waals surface area (Å²) >= 11 is 12.2. The number of hydrogen-bond acceptors (Lipinski definition) is 8. The number of carbonyl (C=O) groups excluding carboxylic acids is 2. The van der Waals surface area contributed by atoms with Gasteiger partial charge in [0.05, 0.1) is 22.1 Å². The van der Waals surface area contributed by atoms with Crippen LogP contribution >= 0.6 is 23.2 Å². The number of rotatable bonds is 14. The van der Waals surface area contributed by atoms with E-state index in [1.165, 1.54) is 30.3 Å². The number of amides is 2. The van der Waals surface area contributed by atoms with Gasteiger partial charge in [-0.15, -0.1) is 0 Å². The number of primary amides is 2. The van der Waals surface area contributed by atoms with Gasteiger partial charge in [0.25, 0.3) is 0 Å². The van der Waals surface area contributed by atoms with Gasteiger partial charge in [-0.05, 0) is 97.4 Å². The first-order valence-corrected chi connectivity index (χ1v) is 19.3. The van der Waals surface area contributed by atoms with Gasteiger partial charge in [-0.1, -0.05) is 53.5 Å². The van der Waals surface area contributed by atoms with Crippen LogP contribution in [0.25, 0.3) is 22.1 Å². The summed E-state index contributed by atoms with van der Waals surface area (Å²) in [5.74, 6) is 0.560. The highest BCUT2D eigenvalue weighted by atomic mass is 35.5. The molecule has 6 aromatic carbocycles. The van der Waals surface area contributed by atoms with Crippen LogP contribution in [0.15, 0.2) is 115 Å². The molecule has 0 bridgehead atoms. The molecule has 0 atom stereocenters. The van der Waals surface area contributed by atoms with E-state index in [9.17, 15) is 18.4 Å². The molecule has 16 heteroatoms. The molecule has 8 aromatic rings. The van der Waals surface area contributed by atoms with Gasteiger partial charge in [-0.2, -0.15) is 0 Å². The maximum absolute atomic E-state index is 14.1. The fourth-order valence-electron chi connectivity index (χ4n) is 5.98. The molecule has 0 spiro atoms. The van der Waals surface area contributed by atoms with E-state index >= 15 is 0 Å². The Labute approximate surface area is 357 Å². The zero-order valence-electron chi connectivity index (χ0n) is 32.3. The number of aromatic nitrogens is 4. The van der Waals surface area contributed by atoms with E-state index in [2.05, 4.69) is 19.9 Å². The second-order valence-electron chi connectivity index (χ2n) is 13.6. The van der Waals surface area contributed by atoms with Gasteiger partial charge < -0.3 is 40.4 Å². The number of halogens is 4. The van der Waals surface area contributed by atoms with Crippen molar-refractivity contribution in [1.82, 2.24) is 19.9 Å². The lowest BCUT2D eigenvalue weighted by Gasteiger charge is -2.14. The monoisotopic (exact) mass is 864 g/mol. The molecule has 0 aliphatic heterocycles. The second-order valence-corrected chi connectivity index (χ2v) is 14.4. The molecule has 61 heavy (non-hydrogen) atoms. The number of carbonyl (C=O) groups is 2. The summed E-state index contributed by atoms with van der Waals surface area (Å²) < 4.78 is 50.8. The highest BCUT2D eigenvalue weighted by molar-refractivity contribution is 6.35. The number of nitrogens with zero attached hydrogens (tertiary/aromatic N) is 2. The van der Waals surface area contributed by atoms with Gasteiger partial charge in [0, 0.05) is 32.3 Å². The molecule has 0 aliphatic carbocycles. The van der Waals surface area contributed by atoms with Crippen molar-refractivity contribution in [2.75, 3.05) is 0 Å². The molecule has 6 N–H and O–H groups in total. The number of hydrogen-bond donors (Lipinski definition) is 4. The van der Waals surface area contributed by atoms with E-state index < -0.39 is 11.8 Å². The highest BCUT2D eigenvalue weighted by Gasteiger charge is 2.15. The van der Waals surface area contributed by atoms with E-state index in [0.29, 0.717) is 61.1 Å². The van der Waals surface area contributed by atoms with Crippen LogP contribution in [0.1, 0.15) is 49.1 Å². The fourth-order valence-corrected chi connectivity index (χ4v) is 6.44. The number of para-hydroxylation sites is 2. The summed E-state index contributed by atoms with van der Waals surface area (Å²) in [6.07, 6.45) is 0. The number of H-pyrrole nitrogens is 2. The van der Waals surface area contributed by atoms with Crippen LogP contribution in [0.3, 0.4) is 0 Å². The SMILES string of the molecule is Cc1ccc(COc2cc(C(N)=O)ccc2OCc2nc3ccc(F)cc3[nH]2)c(F)c1.NC(=O)c1ccc(OCc2ccc(Cl)cc2Cl)c(OCc2nc3ccccc3[nH]2)c1. The number of aromatic amines is 2. The standard InChI is InChI=1S/C23H19F2N3O3.C22H17Cl2N3O3/c1-13-2-3-15(17(25)8-13)11-30-21-9-14(23(26)29)4-7-20(21)31-12-22-27-18-6-5-16(24)10-19(18)28-22;23-15-7-5-14(16(24)10-15)11-29-19-8-6-13(22(25)28)9-20(19)30-12-21-26-17-3-1-2-4-18(17)27-21/h2-10H,11-12H2,1H3,(H2,26,29)(H,27,28);1-10H,11-12H2,(H2,25,28)(H,26,27). The largest absolute Gasteiger partial charge is 0.485 e. The molecular weight excluding hydrogens is 829 g/mol. The zero-order chi connectivity index (χ0) is 43.0. The van der Waals surface area contributed by atoms with Gasteiger partial charge in [-0.25, -0.2) is 18.7 Å². The third kappa shape index (κ3) is 10.7. The molecule has 0 saturated carbocycles. The average molecular weight is 866 g/mol. The van der Waals surface area contributed by atoms with Gasteiger partial charge in [0.15, 0.2) is 23.0 Å². The van der Waals surface area contributed by atoms with E-state index in [1.54, 1.807) is 67.6 Å². The molecule has 2 heterocycles. The smallest absolute Gasteiger partial charge is 0.248 e. The van der Waals surface area contributed by atoms with Crippen LogP contribution in [-0.2, 0) is 26.4 Å². The topological polar surface area (TPSA) is 180 Å². The minimum absolute atomic E-state index is 0.0431. The number of nitrogens with two attached hydrogens (primary N) is 2. The Morgan fingerprint density at radius 3 is 1.77 bits per heavy atom. The summed E-state index contributed by atoms with van der Waals surface area (Å²) in [7, 11) is 0. The average Bonchev–Trinajstić information content (AvgIpc) is 3.85. The number of imidazole rings is 2. The molecule has 0 unspecified atom stereocenters. The third-order valence-electron chi connectivity index (χ3n) is 9.11. The van der Waals surface area contributed by atoms with Crippen LogP contribution in [-0.4, -0.2) is 31.8 Å². The van der Waals surface area contributed by atoms with Gasteiger partial charge in [0.1, 0.15) is 49.7 Å². The lowest BCUT2D eigenvalue weighted by molar-refractivity contribution is 0.0991. The summed E-state index contributed by atoms with van der Waals surface area (Å²) in [6, 6.07) is 31.2. The maximum Gasteiger partial charge on any atom is 0.248 e. The van der Waals surface area contributed by atoms with Crippen molar-refractivity contribution in [2.24, 2.45) is 11.5 Å². The van der Waals surface area contributed by atoms with E-state index in [4.69, 9.17) is 53.6 Å². The lowest BCUT2D eigenvalue weighted by atomic mass is 10.1. The normalized spacial score (nSPS) is 10.9. The van der Waals surface area contributed by atoms with Crippen LogP contribution < -0.4 is 30.4 Å². The zero-order valence-corrected chi connectivity index (χ0v) is 33.8. The van der Waals surface area contributed by atoms with E-state index in [1.807, 2.05) is 24.3 Å². The molecule has 0 radical (unpaired) electrons. The molecule has 2 aromatic heterocycles. The Bertz CT molecular complexity index is 2850. The van der Waals surface area contributed by atoms with Crippen LogP contribution in [0.2, 0.25) is 10.0 Å². The first-order chi connectivity index (χ1) is 29.4. The number of aryl methyl sites for hydroxylation is 1. The fraction of sp³-hybridized carbons (Fsp3) is 0.111. The third-order valence-corrected chi connectivity index (χ3v) is 9.69. The van der Waals surface area contributed by atoms with Gasteiger partial charge >= 0.3 is 0 Å². The first-order valence-electron chi connectivity index (χ1n) is 18.5. The Morgan fingerprint density at radius 2 is 1.15 bits per heavy atom. The minimum Gasteiger partial charge on any atom is -0.485 e. The van der Waals surface area contributed by atoms with Crippen molar-refractivity contribution in [3.8, 4) is 23.0 Å². The van der Waals surface area contributed by atoms with Gasteiger partial charge in [0.2, 0.25) is 11.8 Å². The van der Waals surface area contributed by atoms with Crippen LogP contribution in [0.5, 0.6) is 23.0 Å². The summed E-state index contributed by atoms with van der Waals surface area (Å²) in [5, 5.41) is 1.05. The second kappa shape index (κ2) is 18.8. The lowest BCUT2D eigenvalue weighted by Crippen LogP contribution is -2.11. The predicted octanol–water partition coefficient (Wildman–Crippen LogP) is 9.53. The molecular formula is C45H36Cl2F2N6O6. The molecule has 2 amide bonds. The van der Waals surface area contributed by atoms with Crippen LogP contribution in [0, 0.1) is 18.6 Å².